The summed E-state index contributed by atoms with van der Waals surface area (Å²) in [5.74, 6) is -1.99. The normalized spacial score (nSPS) is 26.9. The van der Waals surface area contributed by atoms with E-state index in [2.05, 4.69) is 0 Å². The second kappa shape index (κ2) is 8.79. The average molecular weight is 378 g/mol. The number of aliphatic hydroxyl groups is 1. The van der Waals surface area contributed by atoms with E-state index in [9.17, 15) is 19.5 Å². The van der Waals surface area contributed by atoms with Crippen LogP contribution in [0.3, 0.4) is 0 Å². The third-order valence-electron chi connectivity index (χ3n) is 4.05. The minimum atomic E-state index is -1.96. The van der Waals surface area contributed by atoms with Gasteiger partial charge in [0.25, 0.3) is 0 Å². The third kappa shape index (κ3) is 4.93. The number of benzene rings is 1. The molecule has 1 aromatic carbocycles. The van der Waals surface area contributed by atoms with Crippen molar-refractivity contribution < 1.29 is 38.4 Å². The van der Waals surface area contributed by atoms with Gasteiger partial charge in [0.15, 0.2) is 17.8 Å². The number of esters is 3. The minimum absolute atomic E-state index is 0.294. The first-order valence-corrected chi connectivity index (χ1v) is 8.28. The molecule has 0 fully saturated rings. The number of methoxy groups -OCH3 is 1. The van der Waals surface area contributed by atoms with Gasteiger partial charge in [0, 0.05) is 21.0 Å². The molecule has 0 amide bonds. The molecular weight excluding hydrogens is 356 g/mol. The van der Waals surface area contributed by atoms with Crippen molar-refractivity contribution in [3.63, 3.8) is 0 Å². The van der Waals surface area contributed by atoms with E-state index in [1.807, 2.05) is 0 Å². The fourth-order valence-electron chi connectivity index (χ4n) is 2.85. The van der Waals surface area contributed by atoms with E-state index < -0.39 is 48.4 Å². The van der Waals surface area contributed by atoms with Gasteiger partial charge in [-0.3, -0.25) is 9.59 Å². The molecule has 0 radical (unpaired) electrons. The molecule has 0 aliphatic heterocycles. The topological polar surface area (TPSA) is 108 Å². The van der Waals surface area contributed by atoms with E-state index in [0.717, 1.165) is 6.92 Å². The van der Waals surface area contributed by atoms with Gasteiger partial charge in [0.05, 0.1) is 5.56 Å². The van der Waals surface area contributed by atoms with Gasteiger partial charge < -0.3 is 24.1 Å². The Labute approximate surface area is 156 Å². The predicted octanol–water partition coefficient (Wildman–Crippen LogP) is 1.02. The van der Waals surface area contributed by atoms with Crippen molar-refractivity contribution in [2.24, 2.45) is 0 Å². The lowest BCUT2D eigenvalue weighted by molar-refractivity contribution is -0.214. The van der Waals surface area contributed by atoms with Gasteiger partial charge >= 0.3 is 17.9 Å². The summed E-state index contributed by atoms with van der Waals surface area (Å²) in [7, 11) is 1.34. The van der Waals surface area contributed by atoms with Crippen molar-refractivity contribution in [2.45, 2.75) is 37.8 Å². The number of carbonyl (C=O) groups excluding carboxylic acids is 3. The van der Waals surface area contributed by atoms with Gasteiger partial charge in [-0.25, -0.2) is 4.79 Å². The molecule has 1 N–H and O–H groups in total. The molecule has 8 heteroatoms. The molecule has 146 valence electrons. The largest absolute Gasteiger partial charge is 0.459 e. The highest BCUT2D eigenvalue weighted by Gasteiger charge is 2.53. The number of hydrogen-bond acceptors (Lipinski definition) is 8. The van der Waals surface area contributed by atoms with Crippen LogP contribution in [0.5, 0.6) is 0 Å². The Kier molecular flexibility index (Phi) is 6.70. The van der Waals surface area contributed by atoms with Crippen LogP contribution in [0.25, 0.3) is 0 Å². The zero-order chi connectivity index (χ0) is 20.0. The number of ether oxygens (including phenoxy) is 4. The van der Waals surface area contributed by atoms with Crippen molar-refractivity contribution in [3.05, 3.63) is 48.0 Å². The monoisotopic (exact) mass is 378 g/mol. The highest BCUT2D eigenvalue weighted by atomic mass is 16.6. The fourth-order valence-corrected chi connectivity index (χ4v) is 2.85. The second-order valence-electron chi connectivity index (χ2n) is 6.08. The zero-order valence-corrected chi connectivity index (χ0v) is 15.3. The van der Waals surface area contributed by atoms with Gasteiger partial charge in [-0.15, -0.1) is 0 Å². The number of carbonyl (C=O) groups is 3. The van der Waals surface area contributed by atoms with E-state index in [1.165, 1.54) is 26.2 Å². The maximum Gasteiger partial charge on any atom is 0.338 e. The van der Waals surface area contributed by atoms with Crippen LogP contribution in [0.1, 0.15) is 24.2 Å². The van der Waals surface area contributed by atoms with E-state index in [4.69, 9.17) is 18.9 Å². The summed E-state index contributed by atoms with van der Waals surface area (Å²) < 4.78 is 20.8. The molecule has 0 spiro atoms. The number of rotatable bonds is 6. The molecule has 0 aromatic heterocycles. The first-order valence-electron chi connectivity index (χ1n) is 8.28. The summed E-state index contributed by atoms with van der Waals surface area (Å²) in [6, 6.07) is 8.21. The van der Waals surface area contributed by atoms with Gasteiger partial charge in [0.2, 0.25) is 0 Å². The second-order valence-corrected chi connectivity index (χ2v) is 6.08. The van der Waals surface area contributed by atoms with Crippen molar-refractivity contribution in [3.8, 4) is 0 Å². The van der Waals surface area contributed by atoms with Crippen molar-refractivity contribution in [1.82, 2.24) is 0 Å². The predicted molar refractivity (Wildman–Crippen MR) is 92.7 cm³/mol. The average Bonchev–Trinajstić information content (AvgIpc) is 2.63. The molecule has 2 rings (SSSR count). The maximum atomic E-state index is 12.2. The summed E-state index contributed by atoms with van der Waals surface area (Å²) in [5, 5.41) is 11.2. The Bertz CT molecular complexity index is 714. The summed E-state index contributed by atoms with van der Waals surface area (Å²) >= 11 is 0. The summed E-state index contributed by atoms with van der Waals surface area (Å²) in [6.45, 7) is 1.80. The molecule has 0 saturated heterocycles. The molecule has 27 heavy (non-hydrogen) atoms. The lowest BCUT2D eigenvalue weighted by atomic mass is 9.82. The van der Waals surface area contributed by atoms with Crippen LogP contribution in [0.15, 0.2) is 42.5 Å². The maximum absolute atomic E-state index is 12.2. The molecule has 1 aromatic rings. The van der Waals surface area contributed by atoms with E-state index in [-0.39, 0.29) is 0 Å². The van der Waals surface area contributed by atoms with E-state index in [1.54, 1.807) is 30.3 Å². The van der Waals surface area contributed by atoms with E-state index >= 15 is 0 Å². The Morgan fingerprint density at radius 2 is 1.67 bits per heavy atom. The van der Waals surface area contributed by atoms with Crippen molar-refractivity contribution in [1.29, 1.82) is 0 Å². The molecule has 1 aliphatic carbocycles. The molecule has 8 nitrogen and oxygen atoms in total. The molecule has 4 unspecified atom stereocenters. The number of hydrogen-bond donors (Lipinski definition) is 1. The van der Waals surface area contributed by atoms with Crippen LogP contribution in [0, 0.1) is 0 Å². The third-order valence-corrected chi connectivity index (χ3v) is 4.05. The highest BCUT2D eigenvalue weighted by Crippen LogP contribution is 2.32. The van der Waals surface area contributed by atoms with Crippen molar-refractivity contribution >= 4 is 17.9 Å². The lowest BCUT2D eigenvalue weighted by Crippen LogP contribution is -2.63. The van der Waals surface area contributed by atoms with Crippen LogP contribution in [0.4, 0.5) is 0 Å². The summed E-state index contributed by atoms with van der Waals surface area (Å²) in [4.78, 5) is 35.1. The smallest absolute Gasteiger partial charge is 0.338 e. The van der Waals surface area contributed by atoms with Crippen LogP contribution in [-0.4, -0.2) is 60.6 Å². The van der Waals surface area contributed by atoms with Gasteiger partial charge in [-0.1, -0.05) is 24.3 Å². The summed E-state index contributed by atoms with van der Waals surface area (Å²) in [5.41, 5.74) is -1.67. The quantitative estimate of drug-likeness (QED) is 0.444. The molecule has 0 heterocycles. The highest BCUT2D eigenvalue weighted by molar-refractivity contribution is 5.89. The molecule has 4 atom stereocenters. The Hall–Kier alpha value is -2.71. The van der Waals surface area contributed by atoms with Gasteiger partial charge in [-0.2, -0.15) is 0 Å². The Morgan fingerprint density at radius 1 is 1.04 bits per heavy atom. The van der Waals surface area contributed by atoms with Crippen LogP contribution in [0.2, 0.25) is 0 Å². The fraction of sp³-hybridized carbons (Fsp3) is 0.421. The van der Waals surface area contributed by atoms with E-state index in [0.29, 0.717) is 5.56 Å². The van der Waals surface area contributed by atoms with Crippen LogP contribution in [-0.2, 0) is 28.5 Å². The molecule has 0 bridgehead atoms. The Balaban J connectivity index is 2.27. The first-order chi connectivity index (χ1) is 12.8. The SMILES string of the molecule is COC1C=CC(OC(C)=O)C(OC(C)=O)C1(O)COC(=O)c1ccccc1. The first kappa shape index (κ1) is 20.6. The molecule has 0 saturated carbocycles. The van der Waals surface area contributed by atoms with Crippen molar-refractivity contribution in [2.75, 3.05) is 13.7 Å². The van der Waals surface area contributed by atoms with Crippen LogP contribution >= 0.6 is 0 Å². The zero-order valence-electron chi connectivity index (χ0n) is 15.3. The lowest BCUT2D eigenvalue weighted by Gasteiger charge is -2.43. The standard InChI is InChI=1S/C19H22O8/c1-12(20)26-15-9-10-16(24-3)19(23,17(15)27-13(2)21)11-25-18(22)14-7-5-4-6-8-14/h4-10,15-17,23H,11H2,1-3H3. The minimum Gasteiger partial charge on any atom is -0.459 e. The molecule has 1 aliphatic rings. The Morgan fingerprint density at radius 3 is 2.22 bits per heavy atom. The van der Waals surface area contributed by atoms with Crippen LogP contribution < -0.4 is 0 Å². The summed E-state index contributed by atoms with van der Waals surface area (Å²) in [6.07, 6.45) is -0.423. The van der Waals surface area contributed by atoms with Gasteiger partial charge in [0.1, 0.15) is 12.7 Å². The van der Waals surface area contributed by atoms with Gasteiger partial charge in [-0.05, 0) is 18.2 Å². The molecular formula is C19H22O8.